The van der Waals surface area contributed by atoms with Crippen molar-refractivity contribution in [2.24, 2.45) is 0 Å². The second-order valence-electron chi connectivity index (χ2n) is 4.80. The Labute approximate surface area is 116 Å². The molecule has 5 nitrogen and oxygen atoms in total. The zero-order valence-corrected chi connectivity index (χ0v) is 10.9. The van der Waals surface area contributed by atoms with Gasteiger partial charge in [-0.1, -0.05) is 0 Å². The molecule has 0 amide bonds. The summed E-state index contributed by atoms with van der Waals surface area (Å²) in [5.74, 6) is -0.416. The highest BCUT2D eigenvalue weighted by atomic mass is 16.5. The van der Waals surface area contributed by atoms with E-state index in [1.807, 2.05) is 0 Å². The first-order chi connectivity index (χ1) is 9.74. The van der Waals surface area contributed by atoms with Crippen LogP contribution in [0.5, 0.6) is 5.88 Å². The average Bonchev–Trinajstić information content (AvgIpc) is 2.97. The summed E-state index contributed by atoms with van der Waals surface area (Å²) in [5.41, 5.74) is 0.258. The van der Waals surface area contributed by atoms with Crippen LogP contribution in [0.25, 0.3) is 10.8 Å². The lowest BCUT2D eigenvalue weighted by Gasteiger charge is -2.12. The lowest BCUT2D eigenvalue weighted by Crippen LogP contribution is -2.16. The van der Waals surface area contributed by atoms with Gasteiger partial charge in [0.1, 0.15) is 6.61 Å². The Morgan fingerprint density at radius 2 is 2.35 bits per heavy atom. The van der Waals surface area contributed by atoms with Crippen molar-refractivity contribution >= 4 is 16.7 Å². The fraction of sp³-hybridized carbons (Fsp3) is 0.333. The molecular formula is C15H15NO4. The minimum Gasteiger partial charge on any atom is -0.478 e. The van der Waals surface area contributed by atoms with Gasteiger partial charge >= 0.3 is 5.97 Å². The molecule has 0 radical (unpaired) electrons. The summed E-state index contributed by atoms with van der Waals surface area (Å²) in [6.45, 7) is 1.27. The van der Waals surface area contributed by atoms with Crippen molar-refractivity contribution in [3.05, 3.63) is 36.0 Å². The van der Waals surface area contributed by atoms with Crippen molar-refractivity contribution in [3.8, 4) is 5.88 Å². The lowest BCUT2D eigenvalue weighted by atomic mass is 10.1. The van der Waals surface area contributed by atoms with E-state index in [0.29, 0.717) is 12.5 Å². The van der Waals surface area contributed by atoms with Crippen molar-refractivity contribution in [2.75, 3.05) is 13.2 Å². The third-order valence-electron chi connectivity index (χ3n) is 3.40. The molecule has 1 atom stereocenters. The zero-order chi connectivity index (χ0) is 13.9. The van der Waals surface area contributed by atoms with Crippen LogP contribution in [0.1, 0.15) is 23.2 Å². The van der Waals surface area contributed by atoms with Gasteiger partial charge in [0.15, 0.2) is 0 Å². The molecule has 0 aliphatic carbocycles. The first-order valence-electron chi connectivity index (χ1n) is 6.60. The second-order valence-corrected chi connectivity index (χ2v) is 4.80. The molecule has 3 rings (SSSR count). The fourth-order valence-electron chi connectivity index (χ4n) is 2.35. The highest BCUT2D eigenvalue weighted by Crippen LogP contribution is 2.25. The van der Waals surface area contributed by atoms with Crippen LogP contribution in [-0.4, -0.2) is 35.4 Å². The largest absolute Gasteiger partial charge is 0.478 e. The maximum atomic E-state index is 11.0. The van der Waals surface area contributed by atoms with Gasteiger partial charge in [0.05, 0.1) is 11.7 Å². The molecule has 0 spiro atoms. The highest BCUT2D eigenvalue weighted by Gasteiger charge is 2.17. The summed E-state index contributed by atoms with van der Waals surface area (Å²) >= 11 is 0. The van der Waals surface area contributed by atoms with Gasteiger partial charge in [-0.05, 0) is 42.5 Å². The molecule has 1 unspecified atom stereocenters. The van der Waals surface area contributed by atoms with Gasteiger partial charge in [0.2, 0.25) is 5.88 Å². The summed E-state index contributed by atoms with van der Waals surface area (Å²) in [7, 11) is 0. The molecule has 0 saturated carbocycles. The minimum atomic E-state index is -0.939. The maximum absolute atomic E-state index is 11.0. The fourth-order valence-corrected chi connectivity index (χ4v) is 2.35. The van der Waals surface area contributed by atoms with E-state index in [-0.39, 0.29) is 11.7 Å². The number of ether oxygens (including phenoxy) is 2. The predicted molar refractivity (Wildman–Crippen MR) is 73.2 cm³/mol. The van der Waals surface area contributed by atoms with Crippen LogP contribution in [0.15, 0.2) is 30.5 Å². The van der Waals surface area contributed by atoms with E-state index >= 15 is 0 Å². The summed E-state index contributed by atoms with van der Waals surface area (Å²) in [6, 6.07) is 6.70. The van der Waals surface area contributed by atoms with Crippen molar-refractivity contribution in [2.45, 2.75) is 18.9 Å². The average molecular weight is 273 g/mol. The number of carboxylic acid groups (broad SMARTS) is 1. The summed E-state index contributed by atoms with van der Waals surface area (Å²) in [4.78, 5) is 15.2. The second kappa shape index (κ2) is 5.46. The van der Waals surface area contributed by atoms with E-state index in [1.54, 1.807) is 30.5 Å². The standard InChI is InChI=1S/C15H15NO4/c17-15(18)11-3-4-13-10(8-11)5-6-16-14(13)20-9-12-2-1-7-19-12/h3-6,8,12H,1-2,7,9H2,(H,17,18). The number of carbonyl (C=O) groups is 1. The van der Waals surface area contributed by atoms with Gasteiger partial charge in [-0.3, -0.25) is 0 Å². The zero-order valence-electron chi connectivity index (χ0n) is 10.9. The Hall–Kier alpha value is -2.14. The van der Waals surface area contributed by atoms with Gasteiger partial charge in [0.25, 0.3) is 0 Å². The van der Waals surface area contributed by atoms with E-state index in [0.717, 1.165) is 30.2 Å². The molecule has 1 N–H and O–H groups in total. The van der Waals surface area contributed by atoms with E-state index in [9.17, 15) is 4.79 Å². The van der Waals surface area contributed by atoms with Crippen LogP contribution in [0.4, 0.5) is 0 Å². The smallest absolute Gasteiger partial charge is 0.335 e. The van der Waals surface area contributed by atoms with Crippen LogP contribution in [-0.2, 0) is 4.74 Å². The Morgan fingerprint density at radius 3 is 3.10 bits per heavy atom. The number of rotatable bonds is 4. The van der Waals surface area contributed by atoms with Crippen LogP contribution in [0.2, 0.25) is 0 Å². The van der Waals surface area contributed by atoms with Crippen molar-refractivity contribution in [1.29, 1.82) is 0 Å². The number of nitrogens with zero attached hydrogens (tertiary/aromatic N) is 1. The van der Waals surface area contributed by atoms with Crippen molar-refractivity contribution < 1.29 is 19.4 Å². The normalized spacial score (nSPS) is 18.3. The highest BCUT2D eigenvalue weighted by molar-refractivity contribution is 5.95. The number of fused-ring (bicyclic) bond motifs is 1. The molecule has 104 valence electrons. The number of aromatic carboxylic acids is 1. The number of aromatic nitrogens is 1. The molecule has 1 saturated heterocycles. The summed E-state index contributed by atoms with van der Waals surface area (Å²) in [5, 5.41) is 10.6. The third kappa shape index (κ3) is 2.58. The molecule has 1 aliphatic heterocycles. The van der Waals surface area contributed by atoms with Crippen LogP contribution in [0, 0.1) is 0 Å². The van der Waals surface area contributed by atoms with Gasteiger partial charge < -0.3 is 14.6 Å². The quantitative estimate of drug-likeness (QED) is 0.926. The summed E-state index contributed by atoms with van der Waals surface area (Å²) < 4.78 is 11.2. The van der Waals surface area contributed by atoms with Crippen molar-refractivity contribution in [3.63, 3.8) is 0 Å². The molecule has 2 aromatic rings. The van der Waals surface area contributed by atoms with Gasteiger partial charge in [-0.2, -0.15) is 0 Å². The van der Waals surface area contributed by atoms with Crippen LogP contribution < -0.4 is 4.74 Å². The topological polar surface area (TPSA) is 68.7 Å². The SMILES string of the molecule is O=C(O)c1ccc2c(OCC3CCCO3)nccc2c1. The Bertz CT molecular complexity index is 635. The van der Waals surface area contributed by atoms with Gasteiger partial charge in [-0.25, -0.2) is 9.78 Å². The van der Waals surface area contributed by atoms with E-state index in [1.165, 1.54) is 0 Å². The van der Waals surface area contributed by atoms with E-state index in [2.05, 4.69) is 4.98 Å². The number of benzene rings is 1. The first kappa shape index (κ1) is 12.9. The van der Waals surface area contributed by atoms with Crippen molar-refractivity contribution in [1.82, 2.24) is 4.98 Å². The van der Waals surface area contributed by atoms with Crippen LogP contribution in [0.3, 0.4) is 0 Å². The molecular weight excluding hydrogens is 258 g/mol. The molecule has 1 aromatic heterocycles. The Balaban J connectivity index is 1.85. The number of pyridine rings is 1. The Morgan fingerprint density at radius 1 is 1.45 bits per heavy atom. The first-order valence-corrected chi connectivity index (χ1v) is 6.60. The summed E-state index contributed by atoms with van der Waals surface area (Å²) in [6.07, 6.45) is 3.83. The van der Waals surface area contributed by atoms with E-state index < -0.39 is 5.97 Å². The monoisotopic (exact) mass is 273 g/mol. The number of carboxylic acids is 1. The number of hydrogen-bond acceptors (Lipinski definition) is 4. The van der Waals surface area contributed by atoms with E-state index in [4.69, 9.17) is 14.6 Å². The molecule has 1 aliphatic rings. The molecule has 1 fully saturated rings. The maximum Gasteiger partial charge on any atom is 0.335 e. The third-order valence-corrected chi connectivity index (χ3v) is 3.40. The van der Waals surface area contributed by atoms with Gasteiger partial charge in [0, 0.05) is 18.2 Å². The van der Waals surface area contributed by atoms with Gasteiger partial charge in [-0.15, -0.1) is 0 Å². The molecule has 2 heterocycles. The lowest BCUT2D eigenvalue weighted by molar-refractivity contribution is 0.0669. The molecule has 5 heteroatoms. The molecule has 0 bridgehead atoms. The molecule has 20 heavy (non-hydrogen) atoms. The number of hydrogen-bond donors (Lipinski definition) is 1. The Kier molecular flexibility index (Phi) is 3.52. The van der Waals surface area contributed by atoms with Crippen LogP contribution >= 0.6 is 0 Å². The predicted octanol–water partition coefficient (Wildman–Crippen LogP) is 2.49. The molecule has 1 aromatic carbocycles. The minimum absolute atomic E-state index is 0.130.